The van der Waals surface area contributed by atoms with Gasteiger partial charge in [0.05, 0.1) is 22.2 Å². The zero-order valence-electron chi connectivity index (χ0n) is 22.5. The highest BCUT2D eigenvalue weighted by Crippen LogP contribution is 2.48. The summed E-state index contributed by atoms with van der Waals surface area (Å²) < 4.78 is 61.6. The first kappa shape index (κ1) is 29.8. The maximum Gasteiger partial charge on any atom is 0.418 e. The van der Waals surface area contributed by atoms with Crippen LogP contribution in [-0.4, -0.2) is 51.3 Å². The standard InChI is InChI=1S/C25H40BrF3N2O3Si2/c1-24(34-17-33-9-11-36(5,6)7)14-18(15-24)23-30-21-13-19(26)12-20(25(27,28)29)22(21)31(23)16-32-8-10-35(2,3)4/h12-13,18H,8-11,14-17H2,1-7H3/t18-,24+. The molecule has 0 atom stereocenters. The van der Waals surface area contributed by atoms with Gasteiger partial charge in [0.25, 0.3) is 0 Å². The van der Waals surface area contributed by atoms with Crippen molar-refractivity contribution in [2.45, 2.75) is 95.6 Å². The molecule has 11 heteroatoms. The van der Waals surface area contributed by atoms with Crippen molar-refractivity contribution in [3.8, 4) is 0 Å². The minimum Gasteiger partial charge on any atom is -0.361 e. The summed E-state index contributed by atoms with van der Waals surface area (Å²) in [7, 11) is -2.48. The second kappa shape index (κ2) is 11.2. The number of aromatic nitrogens is 2. The molecule has 0 saturated heterocycles. The Bertz CT molecular complexity index is 1040. The topological polar surface area (TPSA) is 45.5 Å². The average molecular weight is 610 g/mol. The van der Waals surface area contributed by atoms with Crippen molar-refractivity contribution in [2.75, 3.05) is 20.0 Å². The summed E-state index contributed by atoms with van der Waals surface area (Å²) >= 11 is 3.23. The molecule has 0 N–H and O–H groups in total. The molecule has 0 radical (unpaired) electrons. The Labute approximate surface area is 223 Å². The minimum absolute atomic E-state index is 0.00941. The lowest BCUT2D eigenvalue weighted by Gasteiger charge is -2.44. The molecule has 1 aliphatic carbocycles. The van der Waals surface area contributed by atoms with E-state index in [4.69, 9.17) is 14.2 Å². The number of ether oxygens (including phenoxy) is 3. The number of nitrogens with zero attached hydrogens (tertiary/aromatic N) is 2. The fourth-order valence-corrected chi connectivity index (χ4v) is 6.31. The smallest absolute Gasteiger partial charge is 0.361 e. The number of hydrogen-bond donors (Lipinski definition) is 0. The maximum atomic E-state index is 14.0. The molecule has 0 bridgehead atoms. The van der Waals surface area contributed by atoms with Crippen LogP contribution in [0, 0.1) is 0 Å². The van der Waals surface area contributed by atoms with Crippen LogP contribution in [0.3, 0.4) is 0 Å². The second-order valence-corrected chi connectivity index (χ2v) is 24.8. The van der Waals surface area contributed by atoms with Crippen LogP contribution in [0.15, 0.2) is 16.6 Å². The SMILES string of the molecule is C[Si](C)(C)CCOCO[C@]1(C)C[C@H](c2nc3cc(Br)cc(C(F)(F)F)c3n2COCC[Si](C)(C)C)C1. The molecule has 1 aliphatic rings. The average Bonchev–Trinajstić information content (AvgIpc) is 3.03. The first-order valence-electron chi connectivity index (χ1n) is 12.5. The number of halogens is 4. The maximum absolute atomic E-state index is 14.0. The number of benzene rings is 1. The van der Waals surface area contributed by atoms with Crippen LogP contribution in [0.4, 0.5) is 13.2 Å². The lowest BCUT2D eigenvalue weighted by molar-refractivity contribution is -0.171. The third kappa shape index (κ3) is 8.13. The summed E-state index contributed by atoms with van der Waals surface area (Å²) in [6.45, 7) is 17.2. The third-order valence-corrected chi connectivity index (χ3v) is 10.4. The van der Waals surface area contributed by atoms with Crippen molar-refractivity contribution >= 4 is 43.1 Å². The van der Waals surface area contributed by atoms with E-state index >= 15 is 0 Å². The Morgan fingerprint density at radius 2 is 1.61 bits per heavy atom. The van der Waals surface area contributed by atoms with E-state index in [1.165, 1.54) is 0 Å². The highest BCUT2D eigenvalue weighted by Gasteiger charge is 2.45. The van der Waals surface area contributed by atoms with Gasteiger partial charge in [-0.3, -0.25) is 0 Å². The van der Waals surface area contributed by atoms with Crippen molar-refractivity contribution in [1.82, 2.24) is 9.55 Å². The van der Waals surface area contributed by atoms with E-state index in [2.05, 4.69) is 60.2 Å². The number of alkyl halides is 3. The first-order valence-corrected chi connectivity index (χ1v) is 20.7. The minimum atomic E-state index is -4.50. The van der Waals surface area contributed by atoms with Crippen LogP contribution in [0.1, 0.15) is 37.1 Å². The van der Waals surface area contributed by atoms with Crippen LogP contribution in [0.5, 0.6) is 0 Å². The van der Waals surface area contributed by atoms with Crippen LogP contribution < -0.4 is 0 Å². The van der Waals surface area contributed by atoms with Gasteiger partial charge in [0.2, 0.25) is 0 Å². The van der Waals surface area contributed by atoms with E-state index in [1.54, 1.807) is 10.6 Å². The number of rotatable bonds is 12. The highest BCUT2D eigenvalue weighted by molar-refractivity contribution is 9.10. The van der Waals surface area contributed by atoms with Crippen molar-refractivity contribution < 1.29 is 27.4 Å². The zero-order chi connectivity index (χ0) is 26.9. The number of imidazole rings is 1. The van der Waals surface area contributed by atoms with Gasteiger partial charge in [-0.2, -0.15) is 13.2 Å². The molecule has 5 nitrogen and oxygen atoms in total. The Morgan fingerprint density at radius 3 is 2.17 bits per heavy atom. The van der Waals surface area contributed by atoms with Gasteiger partial charge in [-0.1, -0.05) is 55.2 Å². The molecule has 204 valence electrons. The van der Waals surface area contributed by atoms with E-state index in [0.717, 1.165) is 18.2 Å². The third-order valence-electron chi connectivity index (χ3n) is 6.57. The predicted octanol–water partition coefficient (Wildman–Crippen LogP) is 8.09. The molecule has 1 aromatic carbocycles. The molecular formula is C25H40BrF3N2O3Si2. The van der Waals surface area contributed by atoms with Gasteiger partial charge < -0.3 is 18.8 Å². The van der Waals surface area contributed by atoms with Crippen molar-refractivity contribution in [3.05, 3.63) is 28.0 Å². The van der Waals surface area contributed by atoms with E-state index in [9.17, 15) is 13.2 Å². The lowest BCUT2D eigenvalue weighted by Crippen LogP contribution is -2.43. The monoisotopic (exact) mass is 608 g/mol. The molecule has 36 heavy (non-hydrogen) atoms. The van der Waals surface area contributed by atoms with Crippen molar-refractivity contribution in [2.24, 2.45) is 0 Å². The quantitative estimate of drug-likeness (QED) is 0.139. The van der Waals surface area contributed by atoms with E-state index < -0.39 is 27.9 Å². The molecule has 2 aromatic rings. The van der Waals surface area contributed by atoms with Gasteiger partial charge >= 0.3 is 6.18 Å². The Balaban J connectivity index is 1.77. The normalized spacial score (nSPS) is 21.2. The second-order valence-electron chi connectivity index (χ2n) is 12.6. The largest absolute Gasteiger partial charge is 0.418 e. The zero-order valence-corrected chi connectivity index (χ0v) is 26.1. The van der Waals surface area contributed by atoms with E-state index in [1.807, 2.05) is 6.92 Å². The molecule has 0 aliphatic heterocycles. The van der Waals surface area contributed by atoms with Crippen LogP contribution >= 0.6 is 15.9 Å². The number of hydrogen-bond acceptors (Lipinski definition) is 4. The number of fused-ring (bicyclic) bond motifs is 1. The van der Waals surface area contributed by atoms with E-state index in [-0.39, 0.29) is 30.6 Å². The molecule has 1 fully saturated rings. The van der Waals surface area contributed by atoms with Crippen molar-refractivity contribution in [1.29, 1.82) is 0 Å². The van der Waals surface area contributed by atoms with Crippen molar-refractivity contribution in [3.63, 3.8) is 0 Å². The van der Waals surface area contributed by atoms with E-state index in [0.29, 0.717) is 41.9 Å². The van der Waals surface area contributed by atoms with Gasteiger partial charge in [-0.15, -0.1) is 0 Å². The van der Waals surface area contributed by atoms with Gasteiger partial charge in [0.15, 0.2) is 0 Å². The molecule has 0 amide bonds. The van der Waals surface area contributed by atoms with Gasteiger partial charge in [-0.25, -0.2) is 4.98 Å². The molecule has 1 heterocycles. The summed E-state index contributed by atoms with van der Waals surface area (Å²) in [6.07, 6.45) is -3.16. The molecule has 0 unspecified atom stereocenters. The highest BCUT2D eigenvalue weighted by atomic mass is 79.9. The van der Waals surface area contributed by atoms with Gasteiger partial charge in [0, 0.05) is 39.8 Å². The summed E-state index contributed by atoms with van der Waals surface area (Å²) in [5, 5.41) is 0. The fourth-order valence-electron chi connectivity index (χ4n) is 4.35. The van der Waals surface area contributed by atoms with Gasteiger partial charge in [0.1, 0.15) is 19.3 Å². The summed E-state index contributed by atoms with van der Waals surface area (Å²) in [5.74, 6) is 0.618. The Morgan fingerprint density at radius 1 is 1.03 bits per heavy atom. The Hall–Kier alpha value is -0.726. The fraction of sp³-hybridized carbons (Fsp3) is 0.720. The van der Waals surface area contributed by atoms with Crippen LogP contribution in [-0.2, 0) is 27.1 Å². The molecule has 1 aromatic heterocycles. The van der Waals surface area contributed by atoms with Crippen LogP contribution in [0.25, 0.3) is 11.0 Å². The Kier molecular flexibility index (Phi) is 9.26. The first-order chi connectivity index (χ1) is 16.5. The predicted molar refractivity (Wildman–Crippen MR) is 147 cm³/mol. The summed E-state index contributed by atoms with van der Waals surface area (Å²) in [5.41, 5.74) is -0.671. The molecule has 1 saturated carbocycles. The lowest BCUT2D eigenvalue weighted by atomic mass is 9.71. The van der Waals surface area contributed by atoms with Crippen LogP contribution in [0.2, 0.25) is 51.4 Å². The summed E-state index contributed by atoms with van der Waals surface area (Å²) in [4.78, 5) is 4.68. The molecule has 0 spiro atoms. The van der Waals surface area contributed by atoms with Gasteiger partial charge in [-0.05, 0) is 44.0 Å². The molecular weight excluding hydrogens is 569 g/mol. The molecule has 3 rings (SSSR count). The summed E-state index contributed by atoms with van der Waals surface area (Å²) in [6, 6.07) is 4.79.